The first-order valence-electron chi connectivity index (χ1n) is 9.07. The van der Waals surface area contributed by atoms with Gasteiger partial charge in [-0.1, -0.05) is 19.9 Å². The molecule has 2 aromatic heterocycles. The summed E-state index contributed by atoms with van der Waals surface area (Å²) in [4.78, 5) is 6.91. The Kier molecular flexibility index (Phi) is 5.71. The standard InChI is InChI=1S/C19H29N5O/c1-14(2)19-17(13-23(4)22-19)11-20-9-16-5-6-18(21-10-16)24-7-8-25-15(3)12-24/h5-6,10,13-15,20H,7-9,11-12H2,1-4H3. The van der Waals surface area contributed by atoms with Crippen LogP contribution in [0.5, 0.6) is 0 Å². The molecule has 0 saturated carbocycles. The van der Waals surface area contributed by atoms with Crippen LogP contribution in [0.3, 0.4) is 0 Å². The average molecular weight is 343 g/mol. The van der Waals surface area contributed by atoms with E-state index in [1.807, 2.05) is 17.9 Å². The molecule has 1 aliphatic heterocycles. The highest BCUT2D eigenvalue weighted by Gasteiger charge is 2.17. The van der Waals surface area contributed by atoms with E-state index in [9.17, 15) is 0 Å². The third-order valence-corrected chi connectivity index (χ3v) is 4.50. The predicted octanol–water partition coefficient (Wildman–Crippen LogP) is 2.45. The Hall–Kier alpha value is -1.92. The molecular weight excluding hydrogens is 314 g/mol. The normalized spacial score (nSPS) is 18.1. The predicted molar refractivity (Wildman–Crippen MR) is 99.7 cm³/mol. The molecule has 1 aliphatic rings. The van der Waals surface area contributed by atoms with Gasteiger partial charge in [-0.3, -0.25) is 4.68 Å². The van der Waals surface area contributed by atoms with Gasteiger partial charge in [0.25, 0.3) is 0 Å². The topological polar surface area (TPSA) is 55.2 Å². The molecule has 3 rings (SSSR count). The molecule has 0 aromatic carbocycles. The molecule has 0 aliphatic carbocycles. The van der Waals surface area contributed by atoms with E-state index in [0.717, 1.165) is 38.6 Å². The number of morpholine rings is 1. The number of anilines is 1. The zero-order valence-electron chi connectivity index (χ0n) is 15.7. The maximum Gasteiger partial charge on any atom is 0.128 e. The molecule has 1 atom stereocenters. The summed E-state index contributed by atoms with van der Waals surface area (Å²) in [6.45, 7) is 10.7. The summed E-state index contributed by atoms with van der Waals surface area (Å²) in [6.07, 6.45) is 4.34. The molecule has 1 fully saturated rings. The summed E-state index contributed by atoms with van der Waals surface area (Å²) in [6, 6.07) is 4.26. The Morgan fingerprint density at radius 2 is 2.16 bits per heavy atom. The van der Waals surface area contributed by atoms with Gasteiger partial charge in [0.1, 0.15) is 5.82 Å². The Labute approximate surface area is 150 Å². The lowest BCUT2D eigenvalue weighted by Gasteiger charge is -2.32. The molecule has 0 amide bonds. The minimum Gasteiger partial charge on any atom is -0.375 e. The van der Waals surface area contributed by atoms with Gasteiger partial charge in [-0.2, -0.15) is 5.10 Å². The van der Waals surface area contributed by atoms with Crippen molar-refractivity contribution in [3.05, 3.63) is 41.3 Å². The number of aromatic nitrogens is 3. The number of aryl methyl sites for hydroxylation is 1. The number of hydrogen-bond acceptors (Lipinski definition) is 5. The quantitative estimate of drug-likeness (QED) is 0.873. The molecule has 0 radical (unpaired) electrons. The summed E-state index contributed by atoms with van der Waals surface area (Å²) >= 11 is 0. The van der Waals surface area contributed by atoms with E-state index in [0.29, 0.717) is 5.92 Å². The van der Waals surface area contributed by atoms with Gasteiger partial charge in [-0.15, -0.1) is 0 Å². The van der Waals surface area contributed by atoms with Gasteiger partial charge < -0.3 is 15.0 Å². The minimum atomic E-state index is 0.270. The van der Waals surface area contributed by atoms with Crippen molar-refractivity contribution < 1.29 is 4.74 Å². The van der Waals surface area contributed by atoms with Gasteiger partial charge in [-0.05, 0) is 24.5 Å². The van der Waals surface area contributed by atoms with Crippen molar-refractivity contribution in [1.82, 2.24) is 20.1 Å². The van der Waals surface area contributed by atoms with Crippen LogP contribution in [0.4, 0.5) is 5.82 Å². The summed E-state index contributed by atoms with van der Waals surface area (Å²) in [5, 5.41) is 8.06. The second-order valence-corrected chi connectivity index (χ2v) is 7.12. The number of pyridine rings is 1. The van der Waals surface area contributed by atoms with E-state index >= 15 is 0 Å². The third kappa shape index (κ3) is 4.58. The Balaban J connectivity index is 1.54. The molecule has 1 unspecified atom stereocenters. The van der Waals surface area contributed by atoms with E-state index < -0.39 is 0 Å². The van der Waals surface area contributed by atoms with Crippen LogP contribution >= 0.6 is 0 Å². The lowest BCUT2D eigenvalue weighted by Crippen LogP contribution is -2.41. The first-order chi connectivity index (χ1) is 12.0. The fourth-order valence-electron chi connectivity index (χ4n) is 3.25. The van der Waals surface area contributed by atoms with Gasteiger partial charge in [0.05, 0.1) is 18.4 Å². The maximum absolute atomic E-state index is 5.59. The molecular formula is C19H29N5O. The molecule has 6 nitrogen and oxygen atoms in total. The molecule has 1 saturated heterocycles. The maximum atomic E-state index is 5.59. The highest BCUT2D eigenvalue weighted by atomic mass is 16.5. The fourth-order valence-corrected chi connectivity index (χ4v) is 3.25. The highest BCUT2D eigenvalue weighted by Crippen LogP contribution is 2.18. The van der Waals surface area contributed by atoms with Crippen LogP contribution in [-0.2, 0) is 24.9 Å². The highest BCUT2D eigenvalue weighted by molar-refractivity contribution is 5.40. The van der Waals surface area contributed by atoms with E-state index in [1.165, 1.54) is 16.8 Å². The number of nitrogens with zero attached hydrogens (tertiary/aromatic N) is 4. The van der Waals surface area contributed by atoms with Crippen molar-refractivity contribution in [2.45, 2.75) is 45.9 Å². The second-order valence-electron chi connectivity index (χ2n) is 7.12. The second kappa shape index (κ2) is 7.97. The van der Waals surface area contributed by atoms with Crippen molar-refractivity contribution >= 4 is 5.82 Å². The van der Waals surface area contributed by atoms with E-state index in [1.54, 1.807) is 0 Å². The molecule has 136 valence electrons. The first kappa shape index (κ1) is 17.9. The molecule has 2 aromatic rings. The van der Waals surface area contributed by atoms with Gasteiger partial charge >= 0.3 is 0 Å². The van der Waals surface area contributed by atoms with Crippen LogP contribution in [-0.4, -0.2) is 40.6 Å². The summed E-state index contributed by atoms with van der Waals surface area (Å²) in [5.74, 6) is 1.48. The minimum absolute atomic E-state index is 0.270. The van der Waals surface area contributed by atoms with Gasteiger partial charge in [-0.25, -0.2) is 4.98 Å². The van der Waals surface area contributed by atoms with Gasteiger partial charge in [0.15, 0.2) is 0 Å². The van der Waals surface area contributed by atoms with Crippen LogP contribution in [0.25, 0.3) is 0 Å². The Bertz CT molecular complexity index is 680. The fraction of sp³-hybridized carbons (Fsp3) is 0.579. The van der Waals surface area contributed by atoms with Crippen molar-refractivity contribution in [2.75, 3.05) is 24.6 Å². The van der Waals surface area contributed by atoms with Crippen molar-refractivity contribution in [1.29, 1.82) is 0 Å². The lowest BCUT2D eigenvalue weighted by molar-refractivity contribution is 0.0529. The van der Waals surface area contributed by atoms with Gasteiger partial charge in [0, 0.05) is 51.2 Å². The van der Waals surface area contributed by atoms with E-state index in [4.69, 9.17) is 4.74 Å². The SMILES string of the molecule is CC1CN(c2ccc(CNCc3cn(C)nc3C(C)C)cn2)CCO1. The molecule has 0 spiro atoms. The summed E-state index contributed by atoms with van der Waals surface area (Å²) in [5.41, 5.74) is 3.63. The van der Waals surface area contributed by atoms with Crippen molar-refractivity contribution in [3.8, 4) is 0 Å². The van der Waals surface area contributed by atoms with Crippen molar-refractivity contribution in [2.24, 2.45) is 7.05 Å². The third-order valence-electron chi connectivity index (χ3n) is 4.50. The molecule has 3 heterocycles. The molecule has 1 N–H and O–H groups in total. The molecule has 0 bridgehead atoms. The molecule has 25 heavy (non-hydrogen) atoms. The largest absolute Gasteiger partial charge is 0.375 e. The Morgan fingerprint density at radius 1 is 1.32 bits per heavy atom. The lowest BCUT2D eigenvalue weighted by atomic mass is 10.1. The number of hydrogen-bond donors (Lipinski definition) is 1. The van der Waals surface area contributed by atoms with Gasteiger partial charge in [0.2, 0.25) is 0 Å². The van der Waals surface area contributed by atoms with Crippen LogP contribution in [0.15, 0.2) is 24.5 Å². The van der Waals surface area contributed by atoms with E-state index in [-0.39, 0.29) is 6.10 Å². The average Bonchev–Trinajstić information content (AvgIpc) is 2.96. The Morgan fingerprint density at radius 3 is 2.84 bits per heavy atom. The smallest absolute Gasteiger partial charge is 0.128 e. The van der Waals surface area contributed by atoms with Crippen molar-refractivity contribution in [3.63, 3.8) is 0 Å². The zero-order valence-corrected chi connectivity index (χ0v) is 15.7. The number of ether oxygens (including phenoxy) is 1. The number of nitrogens with one attached hydrogen (secondary N) is 1. The monoisotopic (exact) mass is 343 g/mol. The van der Waals surface area contributed by atoms with Crippen LogP contribution in [0, 0.1) is 0 Å². The number of rotatable bonds is 6. The zero-order chi connectivity index (χ0) is 17.8. The summed E-state index contributed by atoms with van der Waals surface area (Å²) in [7, 11) is 1.98. The van der Waals surface area contributed by atoms with Crippen LogP contribution in [0.2, 0.25) is 0 Å². The summed E-state index contributed by atoms with van der Waals surface area (Å²) < 4.78 is 7.49. The van der Waals surface area contributed by atoms with Crippen LogP contribution in [0.1, 0.15) is 43.5 Å². The first-order valence-corrected chi connectivity index (χ1v) is 9.07. The van der Waals surface area contributed by atoms with E-state index in [2.05, 4.69) is 59.4 Å². The van der Waals surface area contributed by atoms with Crippen LogP contribution < -0.4 is 10.2 Å². The molecule has 6 heteroatoms.